The molecule has 2 aliphatic carbocycles. The van der Waals surface area contributed by atoms with Gasteiger partial charge in [-0.1, -0.05) is 30.3 Å². The molecule has 1 heterocycles. The summed E-state index contributed by atoms with van der Waals surface area (Å²) < 4.78 is 0. The van der Waals surface area contributed by atoms with Crippen molar-refractivity contribution in [3.05, 3.63) is 29.8 Å². The first-order valence-electron chi connectivity index (χ1n) is 10.1. The largest absolute Gasteiger partial charge is 0.353 e. The van der Waals surface area contributed by atoms with Crippen LogP contribution in [0.25, 0.3) is 0 Å². The second kappa shape index (κ2) is 8.91. The van der Waals surface area contributed by atoms with E-state index >= 15 is 0 Å². The highest BCUT2D eigenvalue weighted by molar-refractivity contribution is 8.14. The van der Waals surface area contributed by atoms with Gasteiger partial charge in [-0.2, -0.15) is 0 Å². The number of hydrogen-bond acceptors (Lipinski definition) is 5. The number of fused-ring (bicyclic) bond motifs is 2. The molecule has 150 valence electrons. The van der Waals surface area contributed by atoms with Crippen LogP contribution in [0.3, 0.4) is 0 Å². The molecule has 0 spiro atoms. The molecule has 4 rings (SSSR count). The number of amidine groups is 1. The number of nitrogens with one attached hydrogen (secondary N) is 2. The molecule has 2 fully saturated rings. The molecule has 1 aromatic rings. The topological polar surface area (TPSA) is 70.6 Å². The zero-order valence-corrected chi connectivity index (χ0v) is 17.8. The highest BCUT2D eigenvalue weighted by Crippen LogP contribution is 2.49. The molecule has 2 amide bonds. The van der Waals surface area contributed by atoms with Gasteiger partial charge < -0.3 is 10.6 Å². The van der Waals surface area contributed by atoms with Gasteiger partial charge in [0.15, 0.2) is 5.17 Å². The average molecular weight is 418 g/mol. The number of carbonyl (C=O) groups excluding carboxylic acids is 2. The number of aliphatic imine (C=N–C) groups is 1. The van der Waals surface area contributed by atoms with Crippen LogP contribution in [0.1, 0.15) is 43.0 Å². The van der Waals surface area contributed by atoms with Crippen LogP contribution in [0.4, 0.5) is 0 Å². The highest BCUT2D eigenvalue weighted by Gasteiger charge is 2.42. The number of carbonyl (C=O) groups is 2. The third-order valence-electron chi connectivity index (χ3n) is 6.12. The average Bonchev–Trinajstić information content (AvgIpc) is 3.45. The van der Waals surface area contributed by atoms with Crippen LogP contribution < -0.4 is 10.6 Å². The number of thioether (sulfide) groups is 2. The summed E-state index contributed by atoms with van der Waals surface area (Å²) in [6.45, 7) is 2.90. The molecule has 0 aromatic heterocycles. The van der Waals surface area contributed by atoms with E-state index in [1.54, 1.807) is 17.8 Å². The first kappa shape index (κ1) is 19.8. The lowest BCUT2D eigenvalue weighted by Crippen LogP contribution is -2.40. The van der Waals surface area contributed by atoms with Gasteiger partial charge in [-0.25, -0.2) is 0 Å². The van der Waals surface area contributed by atoms with Gasteiger partial charge in [-0.3, -0.25) is 14.6 Å². The Morgan fingerprint density at radius 3 is 2.86 bits per heavy atom. The Labute approximate surface area is 174 Å². The van der Waals surface area contributed by atoms with E-state index < -0.39 is 0 Å². The molecular formula is C21H27N3O2S2. The third kappa shape index (κ3) is 4.57. The molecule has 4 unspecified atom stereocenters. The molecule has 1 aliphatic heterocycles. The zero-order chi connectivity index (χ0) is 19.5. The van der Waals surface area contributed by atoms with Gasteiger partial charge in [-0.15, -0.1) is 11.8 Å². The normalized spacial score (nSPS) is 26.8. The van der Waals surface area contributed by atoms with E-state index in [0.29, 0.717) is 22.4 Å². The van der Waals surface area contributed by atoms with Crippen LogP contribution in [-0.2, 0) is 4.79 Å². The molecule has 3 aliphatic rings. The van der Waals surface area contributed by atoms with Gasteiger partial charge in [0.05, 0.1) is 17.9 Å². The molecule has 2 N–H and O–H groups in total. The lowest BCUT2D eigenvalue weighted by Gasteiger charge is -2.28. The van der Waals surface area contributed by atoms with E-state index in [0.717, 1.165) is 29.0 Å². The number of hydrogen-bond donors (Lipinski definition) is 2. The first-order chi connectivity index (χ1) is 13.6. The second-order valence-corrected chi connectivity index (χ2v) is 10.1. The van der Waals surface area contributed by atoms with Crippen LogP contribution in [-0.4, -0.2) is 41.1 Å². The van der Waals surface area contributed by atoms with E-state index in [9.17, 15) is 9.59 Å². The van der Waals surface area contributed by atoms with Crippen molar-refractivity contribution in [1.29, 1.82) is 0 Å². The van der Waals surface area contributed by atoms with Crippen molar-refractivity contribution in [1.82, 2.24) is 10.6 Å². The molecule has 0 saturated heterocycles. The first-order valence-corrected chi connectivity index (χ1v) is 12.1. The van der Waals surface area contributed by atoms with E-state index in [-0.39, 0.29) is 17.9 Å². The summed E-state index contributed by atoms with van der Waals surface area (Å²) in [4.78, 5) is 30.2. The van der Waals surface area contributed by atoms with E-state index in [2.05, 4.69) is 22.5 Å². The van der Waals surface area contributed by atoms with Gasteiger partial charge in [0, 0.05) is 16.7 Å². The molecular weight excluding hydrogens is 390 g/mol. The summed E-state index contributed by atoms with van der Waals surface area (Å²) in [7, 11) is 0. The SMILES string of the molecule is CC(NC(=O)CSc1ccccc1C(=O)NC1=NCCS1)C1CC2CCC1C2. The number of benzene rings is 1. The maximum Gasteiger partial charge on any atom is 0.258 e. The van der Waals surface area contributed by atoms with Crippen LogP contribution in [0.5, 0.6) is 0 Å². The summed E-state index contributed by atoms with van der Waals surface area (Å²) in [5.74, 6) is 3.44. The minimum absolute atomic E-state index is 0.0474. The van der Waals surface area contributed by atoms with E-state index in [1.807, 2.05) is 18.2 Å². The Morgan fingerprint density at radius 2 is 2.14 bits per heavy atom. The molecule has 0 radical (unpaired) electrons. The lowest BCUT2D eigenvalue weighted by atomic mass is 9.84. The van der Waals surface area contributed by atoms with Gasteiger partial charge >= 0.3 is 0 Å². The minimum Gasteiger partial charge on any atom is -0.353 e. The van der Waals surface area contributed by atoms with Crippen molar-refractivity contribution < 1.29 is 9.59 Å². The molecule has 4 atom stereocenters. The highest BCUT2D eigenvalue weighted by atomic mass is 32.2. The Morgan fingerprint density at radius 1 is 1.29 bits per heavy atom. The lowest BCUT2D eigenvalue weighted by molar-refractivity contribution is -0.119. The fraction of sp³-hybridized carbons (Fsp3) is 0.571. The number of amides is 2. The summed E-state index contributed by atoms with van der Waals surface area (Å²) >= 11 is 2.98. The van der Waals surface area contributed by atoms with Crippen LogP contribution in [0.2, 0.25) is 0 Å². The molecule has 7 heteroatoms. The van der Waals surface area contributed by atoms with Crippen molar-refractivity contribution in [2.24, 2.45) is 22.7 Å². The molecule has 2 saturated carbocycles. The molecule has 1 aromatic carbocycles. The van der Waals surface area contributed by atoms with Crippen LogP contribution in [0, 0.1) is 17.8 Å². The second-order valence-electron chi connectivity index (χ2n) is 7.97. The predicted molar refractivity (Wildman–Crippen MR) is 116 cm³/mol. The Hall–Kier alpha value is -1.47. The minimum atomic E-state index is -0.160. The monoisotopic (exact) mass is 417 g/mol. The molecule has 5 nitrogen and oxygen atoms in total. The summed E-state index contributed by atoms with van der Waals surface area (Å²) in [6, 6.07) is 7.68. The smallest absolute Gasteiger partial charge is 0.258 e. The van der Waals surface area contributed by atoms with Crippen LogP contribution >= 0.6 is 23.5 Å². The van der Waals surface area contributed by atoms with Crippen molar-refractivity contribution in [2.45, 2.75) is 43.5 Å². The van der Waals surface area contributed by atoms with Crippen molar-refractivity contribution in [2.75, 3.05) is 18.1 Å². The fourth-order valence-electron chi connectivity index (χ4n) is 4.81. The fourth-order valence-corrected chi connectivity index (χ4v) is 6.39. The zero-order valence-electron chi connectivity index (χ0n) is 16.1. The Kier molecular flexibility index (Phi) is 6.31. The summed E-state index contributed by atoms with van der Waals surface area (Å²) in [5, 5.41) is 6.75. The van der Waals surface area contributed by atoms with E-state index in [4.69, 9.17) is 0 Å². The van der Waals surface area contributed by atoms with Crippen molar-refractivity contribution in [3.63, 3.8) is 0 Å². The number of nitrogens with zero attached hydrogens (tertiary/aromatic N) is 1. The van der Waals surface area contributed by atoms with Gasteiger partial charge in [-0.05, 0) is 56.1 Å². The van der Waals surface area contributed by atoms with Gasteiger partial charge in [0.2, 0.25) is 5.91 Å². The van der Waals surface area contributed by atoms with Gasteiger partial charge in [0.1, 0.15) is 0 Å². The van der Waals surface area contributed by atoms with Crippen molar-refractivity contribution in [3.8, 4) is 0 Å². The maximum absolute atomic E-state index is 12.6. The molecule has 2 bridgehead atoms. The van der Waals surface area contributed by atoms with Crippen LogP contribution in [0.15, 0.2) is 34.2 Å². The third-order valence-corrected chi connectivity index (χ3v) is 8.08. The Bertz CT molecular complexity index is 783. The Balaban J connectivity index is 1.30. The van der Waals surface area contributed by atoms with E-state index in [1.165, 1.54) is 37.4 Å². The van der Waals surface area contributed by atoms with Gasteiger partial charge in [0.25, 0.3) is 5.91 Å². The predicted octanol–water partition coefficient (Wildman–Crippen LogP) is 3.55. The summed E-state index contributed by atoms with van der Waals surface area (Å²) in [5.41, 5.74) is 0.594. The standard InChI is InChI=1S/C21H27N3O2S2/c1-13(17-11-14-6-7-15(17)10-14)23-19(25)12-28-18-5-3-2-4-16(18)20(26)24-21-22-8-9-27-21/h2-5,13-15,17H,6-12H2,1H3,(H,23,25)(H,22,24,26). The van der Waals surface area contributed by atoms with Crippen molar-refractivity contribution >= 4 is 40.5 Å². The summed E-state index contributed by atoms with van der Waals surface area (Å²) in [6.07, 6.45) is 5.33. The maximum atomic E-state index is 12.6. The molecule has 28 heavy (non-hydrogen) atoms. The number of rotatable bonds is 6. The quantitative estimate of drug-likeness (QED) is 0.695.